The summed E-state index contributed by atoms with van der Waals surface area (Å²) in [6, 6.07) is 4.01. The van der Waals surface area contributed by atoms with Gasteiger partial charge in [0.05, 0.1) is 17.0 Å². The molecule has 0 bridgehead atoms. The number of nitrogen functional groups attached to an aromatic ring is 1. The van der Waals surface area contributed by atoms with Crippen LogP contribution in [0.15, 0.2) is 23.1 Å². The highest BCUT2D eigenvalue weighted by Crippen LogP contribution is 2.19. The lowest BCUT2D eigenvalue weighted by Gasteiger charge is -2.20. The van der Waals surface area contributed by atoms with Gasteiger partial charge in [-0.15, -0.1) is 0 Å². The first kappa shape index (κ1) is 15.8. The van der Waals surface area contributed by atoms with Crippen LogP contribution >= 0.6 is 0 Å². The monoisotopic (exact) mass is 312 g/mol. The molecule has 0 radical (unpaired) electrons. The number of carbonyl (C=O) groups excluding carboxylic acids is 1. The zero-order chi connectivity index (χ0) is 15.6. The molecule has 116 valence electrons. The van der Waals surface area contributed by atoms with Crippen molar-refractivity contribution in [2.45, 2.75) is 36.8 Å². The van der Waals surface area contributed by atoms with Crippen molar-refractivity contribution in [3.05, 3.63) is 23.8 Å². The third-order valence-corrected chi connectivity index (χ3v) is 4.59. The number of amides is 1. The zero-order valence-corrected chi connectivity index (χ0v) is 12.9. The number of sulfone groups is 1. The molecule has 2 unspecified atom stereocenters. The Bertz CT molecular complexity index is 636. The van der Waals surface area contributed by atoms with Gasteiger partial charge in [0.2, 0.25) is 0 Å². The number of rotatable bonds is 4. The number of nitrogens with two attached hydrogens (primary N) is 1. The second-order valence-electron chi connectivity index (χ2n) is 5.38. The van der Waals surface area contributed by atoms with Crippen LogP contribution in [0.4, 0.5) is 5.69 Å². The highest BCUT2D eigenvalue weighted by Gasteiger charge is 2.24. The second kappa shape index (κ2) is 6.03. The van der Waals surface area contributed by atoms with Crippen LogP contribution in [0.5, 0.6) is 0 Å². The number of anilines is 1. The number of nitrogens with one attached hydrogen (secondary N) is 1. The first-order valence-electron chi connectivity index (χ1n) is 6.80. The predicted octanol–water partition coefficient (Wildman–Crippen LogP) is 0.970. The molecule has 1 aliphatic rings. The van der Waals surface area contributed by atoms with E-state index in [4.69, 9.17) is 10.5 Å². The van der Waals surface area contributed by atoms with E-state index in [1.54, 1.807) is 0 Å². The van der Waals surface area contributed by atoms with Gasteiger partial charge in [-0.1, -0.05) is 0 Å². The Morgan fingerprint density at radius 2 is 2.14 bits per heavy atom. The van der Waals surface area contributed by atoms with E-state index < -0.39 is 9.84 Å². The minimum absolute atomic E-state index is 0.00406. The van der Waals surface area contributed by atoms with E-state index in [0.29, 0.717) is 6.61 Å². The molecule has 0 aromatic heterocycles. The molecule has 1 aliphatic heterocycles. The maximum Gasteiger partial charge on any atom is 0.251 e. The van der Waals surface area contributed by atoms with E-state index in [1.165, 1.54) is 18.2 Å². The van der Waals surface area contributed by atoms with Crippen molar-refractivity contribution in [3.8, 4) is 0 Å². The molecule has 1 heterocycles. The minimum atomic E-state index is -3.41. The zero-order valence-electron chi connectivity index (χ0n) is 12.1. The van der Waals surface area contributed by atoms with E-state index in [0.717, 1.165) is 19.1 Å². The first-order valence-corrected chi connectivity index (χ1v) is 8.69. The van der Waals surface area contributed by atoms with E-state index in [-0.39, 0.29) is 34.2 Å². The van der Waals surface area contributed by atoms with Crippen LogP contribution < -0.4 is 11.1 Å². The molecule has 6 nitrogen and oxygen atoms in total. The Morgan fingerprint density at radius 1 is 1.43 bits per heavy atom. The molecular formula is C14H20N2O4S. The number of hydrogen-bond donors (Lipinski definition) is 2. The van der Waals surface area contributed by atoms with E-state index in [2.05, 4.69) is 5.32 Å². The lowest BCUT2D eigenvalue weighted by Crippen LogP contribution is -2.40. The summed E-state index contributed by atoms with van der Waals surface area (Å²) < 4.78 is 28.7. The summed E-state index contributed by atoms with van der Waals surface area (Å²) in [6.45, 7) is 2.58. The molecule has 1 aromatic carbocycles. The van der Waals surface area contributed by atoms with Gasteiger partial charge in [0.15, 0.2) is 9.84 Å². The van der Waals surface area contributed by atoms with E-state index in [1.807, 2.05) is 6.92 Å². The standard InChI is InChI=1S/C14H20N2O4S/c1-9(13-4-3-5-20-13)16-14(17)10-6-11(15)8-12(7-10)21(2,18)19/h6-9,13H,3-5,15H2,1-2H3,(H,16,17). The Labute approximate surface area is 124 Å². The van der Waals surface area contributed by atoms with Crippen molar-refractivity contribution in [2.75, 3.05) is 18.6 Å². The largest absolute Gasteiger partial charge is 0.399 e. The van der Waals surface area contributed by atoms with Crippen molar-refractivity contribution in [1.29, 1.82) is 0 Å². The van der Waals surface area contributed by atoms with Gasteiger partial charge in [0.1, 0.15) is 0 Å². The molecule has 1 fully saturated rings. The highest BCUT2D eigenvalue weighted by atomic mass is 32.2. The molecule has 0 saturated carbocycles. The fourth-order valence-electron chi connectivity index (χ4n) is 2.35. The van der Waals surface area contributed by atoms with Gasteiger partial charge in [-0.25, -0.2) is 8.42 Å². The SMILES string of the molecule is CC(NC(=O)c1cc(N)cc(S(C)(=O)=O)c1)C1CCCO1. The van der Waals surface area contributed by atoms with Crippen molar-refractivity contribution < 1.29 is 17.9 Å². The van der Waals surface area contributed by atoms with Crippen molar-refractivity contribution >= 4 is 21.4 Å². The van der Waals surface area contributed by atoms with Gasteiger partial charge in [0, 0.05) is 24.1 Å². The average Bonchev–Trinajstić information content (AvgIpc) is 2.90. The van der Waals surface area contributed by atoms with Gasteiger partial charge >= 0.3 is 0 Å². The van der Waals surface area contributed by atoms with Gasteiger partial charge in [-0.2, -0.15) is 0 Å². The molecule has 0 spiro atoms. The predicted molar refractivity (Wildman–Crippen MR) is 79.9 cm³/mol. The molecule has 2 atom stereocenters. The molecule has 0 aliphatic carbocycles. The molecule has 3 N–H and O–H groups in total. The summed E-state index contributed by atoms with van der Waals surface area (Å²) in [4.78, 5) is 12.3. The quantitative estimate of drug-likeness (QED) is 0.807. The molecule has 1 saturated heterocycles. The second-order valence-corrected chi connectivity index (χ2v) is 7.39. The summed E-state index contributed by atoms with van der Waals surface area (Å²) in [5.41, 5.74) is 6.16. The lowest BCUT2D eigenvalue weighted by molar-refractivity contribution is 0.0712. The summed E-state index contributed by atoms with van der Waals surface area (Å²) in [5, 5.41) is 2.83. The van der Waals surface area contributed by atoms with E-state index in [9.17, 15) is 13.2 Å². The van der Waals surface area contributed by atoms with Crippen molar-refractivity contribution in [2.24, 2.45) is 0 Å². The van der Waals surface area contributed by atoms with Crippen LogP contribution in [0.1, 0.15) is 30.1 Å². The Morgan fingerprint density at radius 3 is 2.71 bits per heavy atom. The number of ether oxygens (including phenoxy) is 1. The summed E-state index contributed by atoms with van der Waals surface area (Å²) in [5.74, 6) is -0.352. The van der Waals surface area contributed by atoms with Crippen LogP contribution in [-0.2, 0) is 14.6 Å². The van der Waals surface area contributed by atoms with Crippen molar-refractivity contribution in [3.63, 3.8) is 0 Å². The third-order valence-electron chi connectivity index (χ3n) is 3.50. The van der Waals surface area contributed by atoms with Crippen molar-refractivity contribution in [1.82, 2.24) is 5.32 Å². The lowest BCUT2D eigenvalue weighted by atomic mass is 10.1. The summed E-state index contributed by atoms with van der Waals surface area (Å²) in [6.07, 6.45) is 2.98. The first-order chi connectivity index (χ1) is 9.77. The average molecular weight is 312 g/mol. The van der Waals surface area contributed by atoms with E-state index >= 15 is 0 Å². The molecule has 21 heavy (non-hydrogen) atoms. The van der Waals surface area contributed by atoms with Crippen LogP contribution in [0.25, 0.3) is 0 Å². The van der Waals surface area contributed by atoms with Crippen LogP contribution in [0.2, 0.25) is 0 Å². The number of benzene rings is 1. The fourth-order valence-corrected chi connectivity index (χ4v) is 3.04. The summed E-state index contributed by atoms with van der Waals surface area (Å²) in [7, 11) is -3.41. The maximum atomic E-state index is 12.2. The minimum Gasteiger partial charge on any atom is -0.399 e. The van der Waals surface area contributed by atoms with Gasteiger partial charge in [0.25, 0.3) is 5.91 Å². The maximum absolute atomic E-state index is 12.2. The van der Waals surface area contributed by atoms with Crippen LogP contribution in [-0.4, -0.2) is 39.3 Å². The Hall–Kier alpha value is -1.60. The smallest absolute Gasteiger partial charge is 0.251 e. The molecular weight excluding hydrogens is 292 g/mol. The highest BCUT2D eigenvalue weighted by molar-refractivity contribution is 7.90. The third kappa shape index (κ3) is 3.95. The Balaban J connectivity index is 2.17. The number of carbonyl (C=O) groups is 1. The van der Waals surface area contributed by atoms with Crippen LogP contribution in [0, 0.1) is 0 Å². The normalized spacial score (nSPS) is 20.2. The molecule has 1 amide bonds. The Kier molecular flexibility index (Phi) is 4.53. The van der Waals surface area contributed by atoms with Gasteiger partial charge < -0.3 is 15.8 Å². The fraction of sp³-hybridized carbons (Fsp3) is 0.500. The molecule has 2 rings (SSSR count). The molecule has 7 heteroatoms. The molecule has 1 aromatic rings. The number of hydrogen-bond acceptors (Lipinski definition) is 5. The van der Waals surface area contributed by atoms with Gasteiger partial charge in [-0.3, -0.25) is 4.79 Å². The summed E-state index contributed by atoms with van der Waals surface area (Å²) >= 11 is 0. The van der Waals surface area contributed by atoms with Gasteiger partial charge in [-0.05, 0) is 38.0 Å². The topological polar surface area (TPSA) is 98.5 Å². The van der Waals surface area contributed by atoms with Crippen LogP contribution in [0.3, 0.4) is 0 Å².